The smallest absolute Gasteiger partial charge is 0.344 e. The molecule has 0 bridgehead atoms. The highest BCUT2D eigenvalue weighted by atomic mass is 32.2. The van der Waals surface area contributed by atoms with Crippen LogP contribution in [0.5, 0.6) is 5.75 Å². The van der Waals surface area contributed by atoms with E-state index in [1.807, 2.05) is 0 Å². The monoisotopic (exact) mass is 272 g/mol. The molecule has 0 aliphatic rings. The van der Waals surface area contributed by atoms with Crippen molar-refractivity contribution >= 4 is 15.8 Å². The fraction of sp³-hybridized carbons (Fsp3) is 0.417. The second kappa shape index (κ2) is 5.86. The molecule has 0 radical (unpaired) electrons. The van der Waals surface area contributed by atoms with E-state index >= 15 is 0 Å². The highest BCUT2D eigenvalue weighted by Gasteiger charge is 2.17. The van der Waals surface area contributed by atoms with Gasteiger partial charge in [0.2, 0.25) is 0 Å². The molecule has 6 heteroatoms. The highest BCUT2D eigenvalue weighted by Crippen LogP contribution is 2.17. The molecule has 1 atom stereocenters. The van der Waals surface area contributed by atoms with Crippen LogP contribution in [0.3, 0.4) is 0 Å². The molecule has 0 unspecified atom stereocenters. The van der Waals surface area contributed by atoms with Gasteiger partial charge in [0, 0.05) is 6.26 Å². The number of benzene rings is 1. The number of rotatable bonds is 6. The number of carboxylic acids is 1. The Morgan fingerprint density at radius 2 is 2.11 bits per heavy atom. The number of hydrogen-bond acceptors (Lipinski definition) is 4. The minimum atomic E-state index is -3.12. The molecule has 1 N–H and O–H groups in total. The number of aliphatic carboxylic acids is 1. The minimum absolute atomic E-state index is 0.0892. The van der Waals surface area contributed by atoms with Gasteiger partial charge in [-0.3, -0.25) is 0 Å². The third kappa shape index (κ3) is 4.75. The van der Waals surface area contributed by atoms with E-state index in [0.717, 1.165) is 6.26 Å². The Labute approximate surface area is 106 Å². The molecule has 0 aliphatic heterocycles. The van der Waals surface area contributed by atoms with Crippen LogP contribution in [-0.2, 0) is 20.4 Å². The lowest BCUT2D eigenvalue weighted by Gasteiger charge is -2.13. The van der Waals surface area contributed by atoms with Crippen LogP contribution in [0.1, 0.15) is 18.9 Å². The summed E-state index contributed by atoms with van der Waals surface area (Å²) in [4.78, 5) is 10.8. The van der Waals surface area contributed by atoms with Gasteiger partial charge in [0.15, 0.2) is 15.9 Å². The van der Waals surface area contributed by atoms with Gasteiger partial charge < -0.3 is 9.84 Å². The maximum Gasteiger partial charge on any atom is 0.344 e. The summed E-state index contributed by atoms with van der Waals surface area (Å²) in [5.74, 6) is -0.759. The summed E-state index contributed by atoms with van der Waals surface area (Å²) < 4.78 is 27.6. The molecule has 0 saturated heterocycles. The summed E-state index contributed by atoms with van der Waals surface area (Å²) in [7, 11) is -3.12. The third-order valence-corrected chi connectivity index (χ3v) is 3.11. The quantitative estimate of drug-likeness (QED) is 0.848. The maximum atomic E-state index is 11.2. The number of sulfone groups is 1. The molecule has 0 heterocycles. The minimum Gasteiger partial charge on any atom is -0.479 e. The molecule has 1 aromatic carbocycles. The normalized spacial score (nSPS) is 13.0. The Morgan fingerprint density at radius 1 is 1.44 bits per heavy atom. The molecule has 1 rings (SSSR count). The first-order valence-corrected chi connectivity index (χ1v) is 7.54. The van der Waals surface area contributed by atoms with E-state index in [0.29, 0.717) is 17.7 Å². The molecule has 0 amide bonds. The van der Waals surface area contributed by atoms with Crippen LogP contribution in [0.4, 0.5) is 0 Å². The molecular formula is C12H16O5S. The first-order chi connectivity index (χ1) is 8.31. The predicted molar refractivity (Wildman–Crippen MR) is 67.3 cm³/mol. The fourth-order valence-electron chi connectivity index (χ4n) is 1.48. The summed E-state index contributed by atoms with van der Waals surface area (Å²) in [6, 6.07) is 6.46. The van der Waals surface area contributed by atoms with Gasteiger partial charge in [-0.05, 0) is 24.1 Å². The first-order valence-electron chi connectivity index (χ1n) is 5.48. The van der Waals surface area contributed by atoms with Crippen molar-refractivity contribution in [2.75, 3.05) is 6.26 Å². The van der Waals surface area contributed by atoms with E-state index in [9.17, 15) is 13.2 Å². The SMILES string of the molecule is CC[C@@H](Oc1cccc(CS(C)(=O)=O)c1)C(=O)O. The van der Waals surface area contributed by atoms with Crippen LogP contribution >= 0.6 is 0 Å². The van der Waals surface area contributed by atoms with Crippen molar-refractivity contribution in [3.05, 3.63) is 29.8 Å². The zero-order valence-electron chi connectivity index (χ0n) is 10.3. The lowest BCUT2D eigenvalue weighted by Crippen LogP contribution is -2.25. The van der Waals surface area contributed by atoms with Gasteiger partial charge in [-0.25, -0.2) is 13.2 Å². The molecule has 0 aromatic heterocycles. The predicted octanol–water partition coefficient (Wildman–Crippen LogP) is 1.47. The molecular weight excluding hydrogens is 256 g/mol. The van der Waals surface area contributed by atoms with Crippen molar-refractivity contribution < 1.29 is 23.1 Å². The van der Waals surface area contributed by atoms with E-state index < -0.39 is 21.9 Å². The Bertz CT molecular complexity index is 521. The Balaban J connectivity index is 2.85. The van der Waals surface area contributed by atoms with Gasteiger partial charge in [0.1, 0.15) is 5.75 Å². The standard InChI is InChI=1S/C12H16O5S/c1-3-11(12(13)14)17-10-6-4-5-9(7-10)8-18(2,15)16/h4-7,11H,3,8H2,1-2H3,(H,13,14)/t11-/m1/s1. The summed E-state index contributed by atoms with van der Waals surface area (Å²) in [5, 5.41) is 8.87. The molecule has 0 saturated carbocycles. The van der Waals surface area contributed by atoms with E-state index in [-0.39, 0.29) is 5.75 Å². The summed E-state index contributed by atoms with van der Waals surface area (Å²) >= 11 is 0. The van der Waals surface area contributed by atoms with Crippen molar-refractivity contribution in [2.24, 2.45) is 0 Å². The molecule has 5 nitrogen and oxygen atoms in total. The second-order valence-electron chi connectivity index (χ2n) is 4.07. The van der Waals surface area contributed by atoms with Crippen LogP contribution in [-0.4, -0.2) is 31.9 Å². The van der Waals surface area contributed by atoms with Gasteiger partial charge in [-0.2, -0.15) is 0 Å². The average molecular weight is 272 g/mol. The van der Waals surface area contributed by atoms with Gasteiger partial charge in [0.25, 0.3) is 0 Å². The van der Waals surface area contributed by atoms with E-state index in [1.165, 1.54) is 0 Å². The van der Waals surface area contributed by atoms with Crippen LogP contribution in [0.15, 0.2) is 24.3 Å². The first kappa shape index (κ1) is 14.5. The van der Waals surface area contributed by atoms with Crippen molar-refractivity contribution in [1.29, 1.82) is 0 Å². The van der Waals surface area contributed by atoms with Crippen molar-refractivity contribution in [2.45, 2.75) is 25.2 Å². The second-order valence-corrected chi connectivity index (χ2v) is 6.21. The summed E-state index contributed by atoms with van der Waals surface area (Å²) in [6.07, 6.45) is 0.566. The van der Waals surface area contributed by atoms with E-state index in [2.05, 4.69) is 0 Å². The van der Waals surface area contributed by atoms with Crippen LogP contribution in [0.2, 0.25) is 0 Å². The largest absolute Gasteiger partial charge is 0.479 e. The molecule has 0 aliphatic carbocycles. The summed E-state index contributed by atoms with van der Waals surface area (Å²) in [5.41, 5.74) is 0.579. The van der Waals surface area contributed by atoms with Gasteiger partial charge >= 0.3 is 5.97 Å². The summed E-state index contributed by atoms with van der Waals surface area (Å²) in [6.45, 7) is 1.71. The zero-order valence-corrected chi connectivity index (χ0v) is 11.1. The topological polar surface area (TPSA) is 80.7 Å². The number of carbonyl (C=O) groups is 1. The molecule has 100 valence electrons. The molecule has 0 fully saturated rings. The molecule has 0 spiro atoms. The van der Waals surface area contributed by atoms with Crippen LogP contribution in [0.25, 0.3) is 0 Å². The maximum absolute atomic E-state index is 11.2. The zero-order chi connectivity index (χ0) is 13.8. The van der Waals surface area contributed by atoms with Gasteiger partial charge in [0.05, 0.1) is 5.75 Å². The average Bonchev–Trinajstić information content (AvgIpc) is 2.23. The highest BCUT2D eigenvalue weighted by molar-refractivity contribution is 7.89. The Hall–Kier alpha value is -1.56. The molecule has 1 aromatic rings. The van der Waals surface area contributed by atoms with Gasteiger partial charge in [-0.15, -0.1) is 0 Å². The van der Waals surface area contributed by atoms with E-state index in [4.69, 9.17) is 9.84 Å². The fourth-order valence-corrected chi connectivity index (χ4v) is 2.27. The Kier molecular flexibility index (Phi) is 4.72. The lowest BCUT2D eigenvalue weighted by atomic mass is 10.2. The van der Waals surface area contributed by atoms with Crippen molar-refractivity contribution in [3.8, 4) is 5.75 Å². The number of carboxylic acid groups (broad SMARTS) is 1. The number of ether oxygens (including phenoxy) is 1. The molecule has 18 heavy (non-hydrogen) atoms. The Morgan fingerprint density at radius 3 is 2.61 bits per heavy atom. The number of hydrogen-bond donors (Lipinski definition) is 1. The van der Waals surface area contributed by atoms with Crippen LogP contribution < -0.4 is 4.74 Å². The van der Waals surface area contributed by atoms with Crippen molar-refractivity contribution in [1.82, 2.24) is 0 Å². The van der Waals surface area contributed by atoms with Gasteiger partial charge in [-0.1, -0.05) is 19.1 Å². The van der Waals surface area contributed by atoms with Crippen molar-refractivity contribution in [3.63, 3.8) is 0 Å². The van der Waals surface area contributed by atoms with Crippen LogP contribution in [0, 0.1) is 0 Å². The third-order valence-electron chi connectivity index (χ3n) is 2.25. The van der Waals surface area contributed by atoms with E-state index in [1.54, 1.807) is 31.2 Å². The lowest BCUT2D eigenvalue weighted by molar-refractivity contribution is -0.145.